The number of aliphatic hydroxyl groups is 1. The second-order valence-corrected chi connectivity index (χ2v) is 4.01. The Morgan fingerprint density at radius 3 is 2.38 bits per heavy atom. The molecule has 1 aliphatic rings. The van der Waals surface area contributed by atoms with Crippen LogP contribution in [0.25, 0.3) is 0 Å². The molecule has 0 saturated heterocycles. The van der Waals surface area contributed by atoms with Gasteiger partial charge < -0.3 is 5.11 Å². The number of nitrogens with zero attached hydrogens (tertiary/aromatic N) is 1. The summed E-state index contributed by atoms with van der Waals surface area (Å²) in [6.45, 7) is 2.21. The summed E-state index contributed by atoms with van der Waals surface area (Å²) in [6.07, 6.45) is 3.16. The van der Waals surface area contributed by atoms with Gasteiger partial charge in [-0.3, -0.25) is 10.1 Å². The second kappa shape index (κ2) is 4.56. The predicted octanol–water partition coefficient (Wildman–Crippen LogP) is 1.45. The Morgan fingerprint density at radius 1 is 1.46 bits per heavy atom. The van der Waals surface area contributed by atoms with Crippen molar-refractivity contribution < 1.29 is 10.0 Å². The fourth-order valence-electron chi connectivity index (χ4n) is 2.03. The lowest BCUT2D eigenvalue weighted by molar-refractivity contribution is -0.527. The largest absolute Gasteiger partial charge is 0.396 e. The van der Waals surface area contributed by atoms with Gasteiger partial charge in [0.2, 0.25) is 6.04 Å². The molecule has 1 rings (SSSR count). The first kappa shape index (κ1) is 10.4. The Balaban J connectivity index is 2.34. The zero-order valence-corrected chi connectivity index (χ0v) is 7.98. The maximum absolute atomic E-state index is 10.5. The Morgan fingerprint density at radius 2 is 2.00 bits per heavy atom. The SMILES string of the molecule is CC(CO)C1CCC([N+](=O)[O-])CC1. The third kappa shape index (κ3) is 2.66. The molecule has 4 nitrogen and oxygen atoms in total. The van der Waals surface area contributed by atoms with E-state index in [2.05, 4.69) is 0 Å². The van der Waals surface area contributed by atoms with Crippen LogP contribution in [0.1, 0.15) is 32.6 Å². The smallest absolute Gasteiger partial charge is 0.213 e. The van der Waals surface area contributed by atoms with Crippen molar-refractivity contribution in [1.82, 2.24) is 0 Å². The van der Waals surface area contributed by atoms with E-state index in [1.807, 2.05) is 6.92 Å². The van der Waals surface area contributed by atoms with Crippen molar-refractivity contribution in [2.75, 3.05) is 6.61 Å². The van der Waals surface area contributed by atoms with Crippen LogP contribution < -0.4 is 0 Å². The summed E-state index contributed by atoms with van der Waals surface area (Å²) in [5.74, 6) is 0.786. The molecule has 4 heteroatoms. The van der Waals surface area contributed by atoms with Crippen molar-refractivity contribution in [2.24, 2.45) is 11.8 Å². The third-order valence-electron chi connectivity index (χ3n) is 3.13. The first-order chi connectivity index (χ1) is 6.15. The molecule has 76 valence electrons. The summed E-state index contributed by atoms with van der Waals surface area (Å²) in [5.41, 5.74) is 0. The van der Waals surface area contributed by atoms with E-state index in [1.165, 1.54) is 0 Å². The summed E-state index contributed by atoms with van der Waals surface area (Å²) in [6, 6.07) is -0.331. The van der Waals surface area contributed by atoms with E-state index in [-0.39, 0.29) is 17.6 Å². The molecule has 0 aromatic carbocycles. The minimum Gasteiger partial charge on any atom is -0.396 e. The van der Waals surface area contributed by atoms with E-state index >= 15 is 0 Å². The first-order valence-electron chi connectivity index (χ1n) is 4.89. The van der Waals surface area contributed by atoms with Crippen molar-refractivity contribution in [3.8, 4) is 0 Å². The molecule has 0 bridgehead atoms. The molecule has 1 atom stereocenters. The number of hydrogen-bond acceptors (Lipinski definition) is 3. The molecule has 13 heavy (non-hydrogen) atoms. The van der Waals surface area contributed by atoms with Crippen LogP contribution in [0.15, 0.2) is 0 Å². The molecule has 0 aromatic rings. The summed E-state index contributed by atoms with van der Waals surface area (Å²) >= 11 is 0. The molecular weight excluding hydrogens is 170 g/mol. The van der Waals surface area contributed by atoms with Gasteiger partial charge in [0.1, 0.15) is 0 Å². The van der Waals surface area contributed by atoms with Crippen molar-refractivity contribution in [2.45, 2.75) is 38.6 Å². The van der Waals surface area contributed by atoms with Gasteiger partial charge in [0.25, 0.3) is 0 Å². The van der Waals surface area contributed by atoms with Crippen molar-refractivity contribution in [3.05, 3.63) is 10.1 Å². The van der Waals surface area contributed by atoms with E-state index in [1.54, 1.807) is 0 Å². The maximum atomic E-state index is 10.5. The predicted molar refractivity (Wildman–Crippen MR) is 49.0 cm³/mol. The Kier molecular flexibility index (Phi) is 3.66. The summed E-state index contributed by atoms with van der Waals surface area (Å²) < 4.78 is 0. The topological polar surface area (TPSA) is 63.4 Å². The van der Waals surface area contributed by atoms with Gasteiger partial charge in [-0.15, -0.1) is 0 Å². The van der Waals surface area contributed by atoms with Gasteiger partial charge in [-0.1, -0.05) is 6.92 Å². The molecule has 0 spiro atoms. The molecule has 1 N–H and O–H groups in total. The zero-order chi connectivity index (χ0) is 9.84. The number of rotatable bonds is 3. The molecule has 0 radical (unpaired) electrons. The summed E-state index contributed by atoms with van der Waals surface area (Å²) in [4.78, 5) is 10.3. The van der Waals surface area contributed by atoms with Crippen molar-refractivity contribution in [3.63, 3.8) is 0 Å². The minimum atomic E-state index is -0.331. The fraction of sp³-hybridized carbons (Fsp3) is 1.00. The summed E-state index contributed by atoms with van der Waals surface area (Å²) in [7, 11) is 0. The molecule has 0 aromatic heterocycles. The maximum Gasteiger partial charge on any atom is 0.213 e. The van der Waals surface area contributed by atoms with Crippen LogP contribution in [0.2, 0.25) is 0 Å². The molecule has 1 saturated carbocycles. The van der Waals surface area contributed by atoms with Crippen LogP contribution in [0.4, 0.5) is 0 Å². The van der Waals surface area contributed by atoms with Crippen molar-refractivity contribution in [1.29, 1.82) is 0 Å². The molecule has 0 amide bonds. The van der Waals surface area contributed by atoms with E-state index in [0.29, 0.717) is 24.7 Å². The van der Waals surface area contributed by atoms with Crippen LogP contribution in [0.3, 0.4) is 0 Å². The van der Waals surface area contributed by atoms with Crippen LogP contribution in [-0.4, -0.2) is 22.7 Å². The Bertz CT molecular complexity index is 176. The van der Waals surface area contributed by atoms with Gasteiger partial charge in [-0.2, -0.15) is 0 Å². The average Bonchev–Trinajstić information content (AvgIpc) is 2.17. The van der Waals surface area contributed by atoms with Gasteiger partial charge >= 0.3 is 0 Å². The van der Waals surface area contributed by atoms with E-state index < -0.39 is 0 Å². The molecule has 1 aliphatic carbocycles. The first-order valence-corrected chi connectivity index (χ1v) is 4.89. The highest BCUT2D eigenvalue weighted by Crippen LogP contribution is 2.30. The van der Waals surface area contributed by atoms with E-state index in [4.69, 9.17) is 5.11 Å². The minimum absolute atomic E-state index is 0.167. The van der Waals surface area contributed by atoms with Gasteiger partial charge in [0.05, 0.1) is 0 Å². The summed E-state index contributed by atoms with van der Waals surface area (Å²) in [5, 5.41) is 19.4. The fourth-order valence-corrected chi connectivity index (χ4v) is 2.03. The number of aliphatic hydroxyl groups excluding tert-OH is 1. The highest BCUT2D eigenvalue weighted by Gasteiger charge is 2.30. The number of nitro groups is 1. The van der Waals surface area contributed by atoms with Gasteiger partial charge in [-0.05, 0) is 24.7 Å². The monoisotopic (exact) mass is 187 g/mol. The Labute approximate surface area is 78.1 Å². The highest BCUT2D eigenvalue weighted by atomic mass is 16.6. The lowest BCUT2D eigenvalue weighted by Gasteiger charge is -2.27. The quantitative estimate of drug-likeness (QED) is 0.537. The lowest BCUT2D eigenvalue weighted by Crippen LogP contribution is -2.29. The van der Waals surface area contributed by atoms with Gasteiger partial charge in [-0.25, -0.2) is 0 Å². The standard InChI is InChI=1S/C9H17NO3/c1-7(6-11)8-2-4-9(5-3-8)10(12)13/h7-9,11H,2-6H2,1H3. The molecular formula is C9H17NO3. The average molecular weight is 187 g/mol. The van der Waals surface area contributed by atoms with Crippen LogP contribution in [-0.2, 0) is 0 Å². The molecule has 0 aliphatic heterocycles. The van der Waals surface area contributed by atoms with Crippen LogP contribution in [0, 0.1) is 22.0 Å². The van der Waals surface area contributed by atoms with E-state index in [9.17, 15) is 10.1 Å². The van der Waals surface area contributed by atoms with Crippen LogP contribution in [0.5, 0.6) is 0 Å². The molecule has 1 unspecified atom stereocenters. The van der Waals surface area contributed by atoms with Gasteiger partial charge in [0.15, 0.2) is 0 Å². The highest BCUT2D eigenvalue weighted by molar-refractivity contribution is 4.75. The zero-order valence-electron chi connectivity index (χ0n) is 7.98. The molecule has 0 heterocycles. The normalized spacial score (nSPS) is 31.2. The third-order valence-corrected chi connectivity index (χ3v) is 3.13. The van der Waals surface area contributed by atoms with E-state index in [0.717, 1.165) is 12.8 Å². The number of hydrogen-bond donors (Lipinski definition) is 1. The van der Waals surface area contributed by atoms with Crippen LogP contribution >= 0.6 is 0 Å². The Hall–Kier alpha value is -0.640. The lowest BCUT2D eigenvalue weighted by atomic mass is 9.79. The second-order valence-electron chi connectivity index (χ2n) is 4.01. The van der Waals surface area contributed by atoms with Crippen molar-refractivity contribution >= 4 is 0 Å². The van der Waals surface area contributed by atoms with Gasteiger partial charge in [0, 0.05) is 24.4 Å². The molecule has 1 fully saturated rings.